The molecule has 0 spiro atoms. The molecule has 6 nitrogen and oxygen atoms in total. The normalized spacial score (nSPS) is 18.8. The van der Waals surface area contributed by atoms with E-state index in [4.69, 9.17) is 9.84 Å². The summed E-state index contributed by atoms with van der Waals surface area (Å²) in [5.41, 5.74) is 0.974. The molecule has 1 aliphatic carbocycles. The molecule has 2 atom stereocenters. The highest BCUT2D eigenvalue weighted by molar-refractivity contribution is 7.17. The maximum atomic E-state index is 12.9. The van der Waals surface area contributed by atoms with E-state index >= 15 is 0 Å². The molecule has 2 heterocycles. The topological polar surface area (TPSA) is 80.9 Å². The zero-order valence-electron chi connectivity index (χ0n) is 13.8. The van der Waals surface area contributed by atoms with Crippen LogP contribution in [0.4, 0.5) is 4.39 Å². The molecule has 0 amide bonds. The van der Waals surface area contributed by atoms with Crippen molar-refractivity contribution in [1.29, 1.82) is 0 Å². The van der Waals surface area contributed by atoms with Crippen LogP contribution in [0.15, 0.2) is 35.1 Å². The first-order chi connectivity index (χ1) is 12.4. The molecule has 3 aromatic rings. The van der Waals surface area contributed by atoms with E-state index in [0.717, 1.165) is 10.6 Å². The van der Waals surface area contributed by atoms with Crippen molar-refractivity contribution < 1.29 is 19.0 Å². The summed E-state index contributed by atoms with van der Waals surface area (Å²) in [4.78, 5) is 29.6. The predicted molar refractivity (Wildman–Crippen MR) is 93.3 cm³/mol. The van der Waals surface area contributed by atoms with Crippen LogP contribution < -0.4 is 10.3 Å². The lowest BCUT2D eigenvalue weighted by atomic mass is 10.2. The fourth-order valence-electron chi connectivity index (χ4n) is 3.10. The number of rotatable bonds is 5. The van der Waals surface area contributed by atoms with E-state index in [0.29, 0.717) is 22.8 Å². The number of carboxylic acid groups (broad SMARTS) is 1. The minimum Gasteiger partial charge on any atom is -0.487 e. The largest absolute Gasteiger partial charge is 0.487 e. The van der Waals surface area contributed by atoms with Crippen molar-refractivity contribution in [3.8, 4) is 5.75 Å². The molecule has 8 heteroatoms. The molecule has 0 radical (unpaired) electrons. The summed E-state index contributed by atoms with van der Waals surface area (Å²) in [6.07, 6.45) is 0.546. The van der Waals surface area contributed by atoms with Gasteiger partial charge in [-0.05, 0) is 37.6 Å². The van der Waals surface area contributed by atoms with Gasteiger partial charge in [-0.15, -0.1) is 11.3 Å². The first-order valence-corrected chi connectivity index (χ1v) is 8.89. The average Bonchev–Trinajstić information content (AvgIpc) is 3.31. The number of aromatic nitrogens is 2. The second-order valence-electron chi connectivity index (χ2n) is 6.28. The zero-order chi connectivity index (χ0) is 18.4. The quantitative estimate of drug-likeness (QED) is 0.743. The molecule has 1 saturated carbocycles. The molecule has 0 bridgehead atoms. The highest BCUT2D eigenvalue weighted by Crippen LogP contribution is 2.49. The predicted octanol–water partition coefficient (Wildman–Crippen LogP) is 2.97. The Morgan fingerprint density at radius 1 is 1.42 bits per heavy atom. The van der Waals surface area contributed by atoms with E-state index in [1.54, 1.807) is 0 Å². The molecule has 1 fully saturated rings. The van der Waals surface area contributed by atoms with E-state index in [9.17, 15) is 14.0 Å². The number of fused-ring (bicyclic) bond motifs is 1. The lowest BCUT2D eigenvalue weighted by Crippen LogP contribution is -2.17. The fourth-order valence-corrected chi connectivity index (χ4v) is 4.17. The number of nitrogens with zero attached hydrogens (tertiary/aromatic N) is 2. The Bertz CT molecular complexity index is 1060. The Labute approximate surface area is 151 Å². The van der Waals surface area contributed by atoms with Gasteiger partial charge in [-0.25, -0.2) is 9.37 Å². The van der Waals surface area contributed by atoms with Crippen LogP contribution >= 0.6 is 11.3 Å². The number of halogens is 1. The van der Waals surface area contributed by atoms with Crippen molar-refractivity contribution in [2.24, 2.45) is 5.92 Å². The summed E-state index contributed by atoms with van der Waals surface area (Å²) in [6, 6.07) is 7.00. The summed E-state index contributed by atoms with van der Waals surface area (Å²) in [7, 11) is 0. The van der Waals surface area contributed by atoms with Crippen LogP contribution in [-0.4, -0.2) is 20.5 Å². The summed E-state index contributed by atoms with van der Waals surface area (Å²) in [5, 5.41) is 9.15. The number of ether oxygens (including phenoxy) is 1. The minimum atomic E-state index is -0.834. The number of aliphatic carboxylic acids is 1. The number of carboxylic acids is 1. The summed E-state index contributed by atoms with van der Waals surface area (Å²) in [6.45, 7) is 1.96. The number of benzene rings is 1. The van der Waals surface area contributed by atoms with Crippen LogP contribution in [0.25, 0.3) is 4.96 Å². The molecule has 0 saturated heterocycles. The van der Waals surface area contributed by atoms with E-state index in [-0.39, 0.29) is 23.9 Å². The van der Waals surface area contributed by atoms with E-state index in [1.165, 1.54) is 46.1 Å². The average molecular weight is 374 g/mol. The van der Waals surface area contributed by atoms with Crippen molar-refractivity contribution >= 4 is 22.3 Å². The molecular formula is C18H15FN2O4S. The van der Waals surface area contributed by atoms with Crippen LogP contribution in [0.3, 0.4) is 0 Å². The number of carbonyl (C=O) groups is 1. The molecule has 1 N–H and O–H groups in total. The van der Waals surface area contributed by atoms with Crippen LogP contribution in [0, 0.1) is 18.7 Å². The Morgan fingerprint density at radius 2 is 2.15 bits per heavy atom. The lowest BCUT2D eigenvalue weighted by molar-refractivity contribution is -0.138. The van der Waals surface area contributed by atoms with Gasteiger partial charge in [-0.3, -0.25) is 14.0 Å². The molecule has 2 unspecified atom stereocenters. The van der Waals surface area contributed by atoms with Gasteiger partial charge in [0.1, 0.15) is 18.2 Å². The second-order valence-corrected chi connectivity index (χ2v) is 7.46. The van der Waals surface area contributed by atoms with Crippen molar-refractivity contribution in [3.05, 3.63) is 62.8 Å². The van der Waals surface area contributed by atoms with Gasteiger partial charge < -0.3 is 9.84 Å². The summed E-state index contributed by atoms with van der Waals surface area (Å²) >= 11 is 1.37. The van der Waals surface area contributed by atoms with Gasteiger partial charge in [-0.2, -0.15) is 0 Å². The Kier molecular flexibility index (Phi) is 3.99. The van der Waals surface area contributed by atoms with E-state index in [2.05, 4.69) is 4.98 Å². The number of aryl methyl sites for hydroxylation is 1. The van der Waals surface area contributed by atoms with Gasteiger partial charge in [0.2, 0.25) is 0 Å². The van der Waals surface area contributed by atoms with Crippen molar-refractivity contribution in [3.63, 3.8) is 0 Å². The summed E-state index contributed by atoms with van der Waals surface area (Å²) in [5.74, 6) is -1.27. The molecule has 134 valence electrons. The van der Waals surface area contributed by atoms with Crippen LogP contribution in [0.5, 0.6) is 5.75 Å². The fraction of sp³-hybridized carbons (Fsp3) is 0.278. The minimum absolute atomic E-state index is 0.0881. The Morgan fingerprint density at radius 3 is 2.81 bits per heavy atom. The van der Waals surface area contributed by atoms with Crippen LogP contribution in [0.1, 0.15) is 28.6 Å². The second kappa shape index (κ2) is 6.21. The monoisotopic (exact) mass is 374 g/mol. The smallest absolute Gasteiger partial charge is 0.307 e. The molecule has 0 aliphatic heterocycles. The third-order valence-electron chi connectivity index (χ3n) is 4.45. The Hall–Kier alpha value is -2.74. The molecular weight excluding hydrogens is 359 g/mol. The van der Waals surface area contributed by atoms with Gasteiger partial charge in [0.25, 0.3) is 5.56 Å². The standard InChI is InChI=1S/C18H15FN2O4S/c1-9-16(13-7-14(13)17(23)24)21-15(22)6-11(20-18(21)26-9)8-25-12-4-2-10(19)3-5-12/h2-6,13-14H,7-8H2,1H3,(H,23,24). The SMILES string of the molecule is Cc1sc2nc(COc3ccc(F)cc3)cc(=O)n2c1C1CC1C(=O)O. The zero-order valence-corrected chi connectivity index (χ0v) is 14.6. The number of thiazole rings is 1. The van der Waals surface area contributed by atoms with Gasteiger partial charge in [0, 0.05) is 22.6 Å². The molecule has 1 aliphatic rings. The van der Waals surface area contributed by atoms with Crippen molar-refractivity contribution in [2.45, 2.75) is 25.9 Å². The van der Waals surface area contributed by atoms with E-state index < -0.39 is 11.9 Å². The highest BCUT2D eigenvalue weighted by Gasteiger charge is 2.47. The van der Waals surface area contributed by atoms with Crippen molar-refractivity contribution in [1.82, 2.24) is 9.38 Å². The number of hydrogen-bond donors (Lipinski definition) is 1. The molecule has 26 heavy (non-hydrogen) atoms. The van der Waals surface area contributed by atoms with E-state index in [1.807, 2.05) is 6.92 Å². The van der Waals surface area contributed by atoms with Crippen LogP contribution in [-0.2, 0) is 11.4 Å². The molecule has 4 rings (SSSR count). The number of hydrogen-bond acceptors (Lipinski definition) is 5. The van der Waals surface area contributed by atoms with Gasteiger partial charge >= 0.3 is 5.97 Å². The van der Waals surface area contributed by atoms with Crippen LogP contribution in [0.2, 0.25) is 0 Å². The summed E-state index contributed by atoms with van der Waals surface area (Å²) < 4.78 is 20.0. The third kappa shape index (κ3) is 2.96. The highest BCUT2D eigenvalue weighted by atomic mass is 32.1. The maximum absolute atomic E-state index is 12.9. The van der Waals surface area contributed by atoms with Gasteiger partial charge in [0.05, 0.1) is 11.6 Å². The van der Waals surface area contributed by atoms with Gasteiger partial charge in [-0.1, -0.05) is 0 Å². The first kappa shape index (κ1) is 16.7. The van der Waals surface area contributed by atoms with Gasteiger partial charge in [0.15, 0.2) is 4.96 Å². The molecule has 1 aromatic carbocycles. The Balaban J connectivity index is 1.62. The molecule has 2 aromatic heterocycles. The maximum Gasteiger partial charge on any atom is 0.307 e. The van der Waals surface area contributed by atoms with Crippen molar-refractivity contribution in [2.75, 3.05) is 0 Å². The lowest BCUT2D eigenvalue weighted by Gasteiger charge is -2.06. The third-order valence-corrected chi connectivity index (χ3v) is 5.42. The first-order valence-electron chi connectivity index (χ1n) is 8.07.